The SMILES string of the molecule is O=NC(CCCC1CCCCC1)C(=O)O. The van der Waals surface area contributed by atoms with Gasteiger partial charge in [0.25, 0.3) is 0 Å². The fraction of sp³-hybridized carbons (Fsp3) is 0.909. The average molecular weight is 213 g/mol. The third kappa shape index (κ3) is 4.40. The summed E-state index contributed by atoms with van der Waals surface area (Å²) in [5, 5.41) is 11.2. The molecule has 1 fully saturated rings. The van der Waals surface area contributed by atoms with Crippen LogP contribution in [0.1, 0.15) is 51.4 Å². The maximum absolute atomic E-state index is 10.5. The molecule has 4 nitrogen and oxygen atoms in total. The van der Waals surface area contributed by atoms with E-state index in [1.54, 1.807) is 0 Å². The van der Waals surface area contributed by atoms with Crippen LogP contribution in [0.3, 0.4) is 0 Å². The predicted molar refractivity (Wildman–Crippen MR) is 57.6 cm³/mol. The Morgan fingerprint density at radius 1 is 1.33 bits per heavy atom. The predicted octanol–water partition coefficient (Wildman–Crippen LogP) is 2.96. The highest BCUT2D eigenvalue weighted by Gasteiger charge is 2.19. The van der Waals surface area contributed by atoms with Gasteiger partial charge in [0.15, 0.2) is 6.04 Å². The first-order valence-electron chi connectivity index (χ1n) is 5.79. The Kier molecular flexibility index (Phi) is 5.29. The molecular formula is C11H19NO3. The van der Waals surface area contributed by atoms with Crippen LogP contribution < -0.4 is 0 Å². The van der Waals surface area contributed by atoms with Crippen molar-refractivity contribution in [2.45, 2.75) is 57.4 Å². The summed E-state index contributed by atoms with van der Waals surface area (Å²) in [6, 6.07) is -1.03. The van der Waals surface area contributed by atoms with Crippen molar-refractivity contribution in [2.75, 3.05) is 0 Å². The molecular weight excluding hydrogens is 194 g/mol. The third-order valence-corrected chi connectivity index (χ3v) is 3.23. The van der Waals surface area contributed by atoms with E-state index in [1.807, 2.05) is 0 Å². The van der Waals surface area contributed by atoms with Crippen molar-refractivity contribution in [1.82, 2.24) is 0 Å². The quantitative estimate of drug-likeness (QED) is 0.690. The molecule has 1 rings (SSSR count). The Morgan fingerprint density at radius 3 is 2.53 bits per heavy atom. The minimum atomic E-state index is -1.09. The van der Waals surface area contributed by atoms with E-state index in [1.165, 1.54) is 32.1 Å². The lowest BCUT2D eigenvalue weighted by Gasteiger charge is -2.21. The number of nitrogens with zero attached hydrogens (tertiary/aromatic N) is 1. The molecule has 0 radical (unpaired) electrons. The van der Waals surface area contributed by atoms with Crippen LogP contribution in [0.25, 0.3) is 0 Å². The molecule has 0 spiro atoms. The van der Waals surface area contributed by atoms with Crippen LogP contribution in [-0.4, -0.2) is 17.1 Å². The smallest absolute Gasteiger partial charge is 0.332 e. The van der Waals surface area contributed by atoms with Crippen molar-refractivity contribution in [3.8, 4) is 0 Å². The summed E-state index contributed by atoms with van der Waals surface area (Å²) in [4.78, 5) is 20.7. The van der Waals surface area contributed by atoms with Gasteiger partial charge in [-0.05, 0) is 12.3 Å². The number of rotatable bonds is 6. The van der Waals surface area contributed by atoms with Crippen LogP contribution in [0.15, 0.2) is 5.18 Å². The van der Waals surface area contributed by atoms with E-state index in [-0.39, 0.29) is 0 Å². The third-order valence-electron chi connectivity index (χ3n) is 3.23. The van der Waals surface area contributed by atoms with Gasteiger partial charge in [-0.1, -0.05) is 50.1 Å². The number of nitroso groups, excluding NO2 is 1. The number of carbonyl (C=O) groups is 1. The lowest BCUT2D eigenvalue weighted by atomic mass is 9.85. The first-order valence-corrected chi connectivity index (χ1v) is 5.79. The minimum Gasteiger partial charge on any atom is -0.480 e. The number of aliphatic carboxylic acids is 1. The summed E-state index contributed by atoms with van der Waals surface area (Å²) >= 11 is 0. The van der Waals surface area contributed by atoms with Crippen molar-refractivity contribution in [3.63, 3.8) is 0 Å². The molecule has 0 amide bonds. The summed E-state index contributed by atoms with van der Waals surface area (Å²) < 4.78 is 0. The van der Waals surface area contributed by atoms with E-state index in [0.29, 0.717) is 6.42 Å². The van der Waals surface area contributed by atoms with Gasteiger partial charge < -0.3 is 5.11 Å². The summed E-state index contributed by atoms with van der Waals surface area (Å²) in [5.74, 6) is -0.339. The fourth-order valence-electron chi connectivity index (χ4n) is 2.30. The van der Waals surface area contributed by atoms with Crippen molar-refractivity contribution in [3.05, 3.63) is 4.91 Å². The molecule has 0 saturated heterocycles. The summed E-state index contributed by atoms with van der Waals surface area (Å²) in [6.07, 6.45) is 8.75. The van der Waals surface area contributed by atoms with Crippen LogP contribution in [0.5, 0.6) is 0 Å². The maximum Gasteiger partial charge on any atom is 0.332 e. The van der Waals surface area contributed by atoms with Gasteiger partial charge in [0.1, 0.15) is 0 Å². The van der Waals surface area contributed by atoms with Crippen LogP contribution in [0, 0.1) is 10.8 Å². The lowest BCUT2D eigenvalue weighted by Crippen LogP contribution is -2.17. The molecule has 15 heavy (non-hydrogen) atoms. The number of hydrogen-bond donors (Lipinski definition) is 1. The highest BCUT2D eigenvalue weighted by atomic mass is 16.4. The number of hydrogen-bond acceptors (Lipinski definition) is 3. The van der Waals surface area contributed by atoms with Crippen molar-refractivity contribution >= 4 is 5.97 Å². The van der Waals surface area contributed by atoms with Gasteiger partial charge in [-0.15, -0.1) is 4.91 Å². The zero-order chi connectivity index (χ0) is 11.1. The van der Waals surface area contributed by atoms with E-state index in [9.17, 15) is 9.70 Å². The van der Waals surface area contributed by atoms with Gasteiger partial charge in [0.05, 0.1) is 0 Å². The topological polar surface area (TPSA) is 66.7 Å². The molecule has 86 valence electrons. The molecule has 0 heterocycles. The highest BCUT2D eigenvalue weighted by Crippen LogP contribution is 2.28. The first-order chi connectivity index (χ1) is 7.24. The van der Waals surface area contributed by atoms with Gasteiger partial charge in [-0.25, -0.2) is 4.79 Å². The summed E-state index contributed by atoms with van der Waals surface area (Å²) in [7, 11) is 0. The zero-order valence-corrected chi connectivity index (χ0v) is 9.02. The number of carboxylic acids is 1. The van der Waals surface area contributed by atoms with Crippen molar-refractivity contribution in [2.24, 2.45) is 11.1 Å². The van der Waals surface area contributed by atoms with Crippen LogP contribution in [-0.2, 0) is 4.79 Å². The van der Waals surface area contributed by atoms with Crippen molar-refractivity contribution < 1.29 is 9.90 Å². The Labute approximate surface area is 90.0 Å². The molecule has 1 N–H and O–H groups in total. The molecule has 0 aromatic rings. The molecule has 0 aliphatic heterocycles. The number of carboxylic acid groups (broad SMARTS) is 1. The molecule has 1 saturated carbocycles. The second kappa shape index (κ2) is 6.53. The maximum atomic E-state index is 10.5. The van der Waals surface area contributed by atoms with E-state index < -0.39 is 12.0 Å². The van der Waals surface area contributed by atoms with E-state index in [0.717, 1.165) is 18.8 Å². The van der Waals surface area contributed by atoms with Crippen LogP contribution >= 0.6 is 0 Å². The van der Waals surface area contributed by atoms with Gasteiger partial charge in [0, 0.05) is 0 Å². The van der Waals surface area contributed by atoms with Gasteiger partial charge in [-0.3, -0.25) is 0 Å². The Hall–Kier alpha value is -0.930. The standard InChI is InChI=1S/C11H19NO3/c13-11(14)10(12-15)8-4-7-9-5-2-1-3-6-9/h9-10H,1-8H2,(H,13,14). The summed E-state index contributed by atoms with van der Waals surface area (Å²) in [5.41, 5.74) is 0. The second-order valence-electron chi connectivity index (χ2n) is 4.39. The Balaban J connectivity index is 2.13. The van der Waals surface area contributed by atoms with Gasteiger partial charge >= 0.3 is 5.97 Å². The largest absolute Gasteiger partial charge is 0.480 e. The molecule has 4 heteroatoms. The highest BCUT2D eigenvalue weighted by molar-refractivity contribution is 5.73. The van der Waals surface area contributed by atoms with Crippen LogP contribution in [0.4, 0.5) is 0 Å². The van der Waals surface area contributed by atoms with E-state index >= 15 is 0 Å². The lowest BCUT2D eigenvalue weighted by molar-refractivity contribution is -0.138. The Morgan fingerprint density at radius 2 is 2.00 bits per heavy atom. The first kappa shape index (κ1) is 12.1. The van der Waals surface area contributed by atoms with E-state index in [4.69, 9.17) is 5.11 Å². The van der Waals surface area contributed by atoms with Crippen molar-refractivity contribution in [1.29, 1.82) is 0 Å². The molecule has 1 atom stereocenters. The molecule has 0 aromatic carbocycles. The average Bonchev–Trinajstić information content (AvgIpc) is 2.25. The second-order valence-corrected chi connectivity index (χ2v) is 4.39. The fourth-order valence-corrected chi connectivity index (χ4v) is 2.30. The van der Waals surface area contributed by atoms with Gasteiger partial charge in [-0.2, -0.15) is 0 Å². The van der Waals surface area contributed by atoms with Gasteiger partial charge in [0.2, 0.25) is 0 Å². The molecule has 0 bridgehead atoms. The van der Waals surface area contributed by atoms with Crippen LogP contribution in [0.2, 0.25) is 0 Å². The molecule has 0 aromatic heterocycles. The minimum absolute atomic E-state index is 0.398. The monoisotopic (exact) mass is 213 g/mol. The zero-order valence-electron chi connectivity index (χ0n) is 9.02. The normalized spacial score (nSPS) is 19.7. The molecule has 1 aliphatic carbocycles. The Bertz CT molecular complexity index is 212. The summed E-state index contributed by atoms with van der Waals surface area (Å²) in [6.45, 7) is 0. The molecule has 1 unspecified atom stereocenters. The van der Waals surface area contributed by atoms with E-state index in [2.05, 4.69) is 5.18 Å². The molecule has 1 aliphatic rings.